The zero-order chi connectivity index (χ0) is 16.4. The smallest absolute Gasteiger partial charge is 0.259 e. The van der Waals surface area contributed by atoms with E-state index < -0.39 is 0 Å². The van der Waals surface area contributed by atoms with Crippen LogP contribution in [0, 0.1) is 0 Å². The fraction of sp³-hybridized carbons (Fsp3) is 0. The first-order valence-corrected chi connectivity index (χ1v) is 8.34. The number of amides is 1. The Morgan fingerprint density at radius 3 is 2.52 bits per heavy atom. The number of anilines is 1. The molecule has 1 aromatic heterocycles. The lowest BCUT2D eigenvalue weighted by atomic mass is 10.2. The molecule has 0 aliphatic rings. The Bertz CT molecular complexity index is 882. The molecule has 1 N–H and O–H groups in total. The van der Waals surface area contributed by atoms with Crippen LogP contribution in [0.1, 0.15) is 10.4 Å². The first-order chi connectivity index (χ1) is 11.0. The monoisotopic (exact) mass is 383 g/mol. The van der Waals surface area contributed by atoms with E-state index in [0.717, 1.165) is 0 Å². The molecule has 3 rings (SSSR count). The van der Waals surface area contributed by atoms with Crippen molar-refractivity contribution in [3.63, 3.8) is 0 Å². The van der Waals surface area contributed by atoms with Crippen molar-refractivity contribution in [2.45, 2.75) is 0 Å². The second kappa shape index (κ2) is 6.84. The minimum Gasteiger partial charge on any atom is -0.296 e. The lowest BCUT2D eigenvalue weighted by molar-refractivity contribution is 0.102. The van der Waals surface area contributed by atoms with Gasteiger partial charge in [-0.25, -0.2) is 0 Å². The number of nitrogens with one attached hydrogen (secondary N) is 1. The van der Waals surface area contributed by atoms with Crippen molar-refractivity contribution in [1.82, 2.24) is 10.2 Å². The molecule has 0 fully saturated rings. The van der Waals surface area contributed by atoms with Crippen LogP contribution in [0.2, 0.25) is 15.1 Å². The topological polar surface area (TPSA) is 54.9 Å². The Morgan fingerprint density at radius 1 is 1.00 bits per heavy atom. The van der Waals surface area contributed by atoms with E-state index in [4.69, 9.17) is 34.8 Å². The molecule has 3 aromatic rings. The van der Waals surface area contributed by atoms with Gasteiger partial charge in [0.1, 0.15) is 0 Å². The molecular weight excluding hydrogens is 377 g/mol. The van der Waals surface area contributed by atoms with Gasteiger partial charge in [0.15, 0.2) is 5.01 Å². The third kappa shape index (κ3) is 3.64. The molecule has 0 aliphatic carbocycles. The summed E-state index contributed by atoms with van der Waals surface area (Å²) in [6.07, 6.45) is 0. The van der Waals surface area contributed by atoms with Gasteiger partial charge in [0, 0.05) is 10.6 Å². The quantitative estimate of drug-likeness (QED) is 0.656. The molecule has 0 radical (unpaired) electrons. The Labute approximate surface area is 151 Å². The molecule has 2 aromatic carbocycles. The maximum atomic E-state index is 12.2. The third-order valence-electron chi connectivity index (χ3n) is 2.93. The molecule has 0 unspecified atom stereocenters. The van der Waals surface area contributed by atoms with Gasteiger partial charge in [-0.3, -0.25) is 10.1 Å². The Balaban J connectivity index is 1.82. The van der Waals surface area contributed by atoms with Crippen molar-refractivity contribution in [2.24, 2.45) is 0 Å². The first kappa shape index (κ1) is 16.2. The highest BCUT2D eigenvalue weighted by Gasteiger charge is 2.14. The summed E-state index contributed by atoms with van der Waals surface area (Å²) < 4.78 is 0. The van der Waals surface area contributed by atoms with Gasteiger partial charge < -0.3 is 0 Å². The summed E-state index contributed by atoms with van der Waals surface area (Å²) >= 11 is 19.2. The third-order valence-corrected chi connectivity index (χ3v) is 4.67. The van der Waals surface area contributed by atoms with Crippen LogP contribution in [0.5, 0.6) is 0 Å². The highest BCUT2D eigenvalue weighted by molar-refractivity contribution is 7.18. The Morgan fingerprint density at radius 2 is 1.78 bits per heavy atom. The number of hydrogen-bond donors (Lipinski definition) is 1. The number of nitrogens with zero attached hydrogens (tertiary/aromatic N) is 2. The highest BCUT2D eigenvalue weighted by atomic mass is 35.5. The van der Waals surface area contributed by atoms with E-state index in [9.17, 15) is 4.79 Å². The molecule has 0 saturated heterocycles. The van der Waals surface area contributed by atoms with Gasteiger partial charge in [-0.1, -0.05) is 58.3 Å². The second-order valence-corrected chi connectivity index (χ2v) is 6.70. The molecule has 0 spiro atoms. The minimum atomic E-state index is -0.347. The first-order valence-electron chi connectivity index (χ1n) is 6.39. The van der Waals surface area contributed by atoms with E-state index in [1.807, 2.05) is 0 Å². The molecule has 23 heavy (non-hydrogen) atoms. The number of carbonyl (C=O) groups is 1. The van der Waals surface area contributed by atoms with Crippen LogP contribution >= 0.6 is 46.1 Å². The molecule has 116 valence electrons. The van der Waals surface area contributed by atoms with Crippen molar-refractivity contribution < 1.29 is 4.79 Å². The number of aromatic nitrogens is 2. The van der Waals surface area contributed by atoms with Crippen LogP contribution in [0.25, 0.3) is 10.6 Å². The largest absolute Gasteiger partial charge is 0.296 e. The van der Waals surface area contributed by atoms with Crippen molar-refractivity contribution in [2.75, 3.05) is 5.32 Å². The fourth-order valence-corrected chi connectivity index (χ4v) is 3.41. The van der Waals surface area contributed by atoms with E-state index in [0.29, 0.717) is 36.3 Å². The van der Waals surface area contributed by atoms with Gasteiger partial charge in [-0.2, -0.15) is 0 Å². The van der Waals surface area contributed by atoms with E-state index in [-0.39, 0.29) is 5.91 Å². The van der Waals surface area contributed by atoms with Crippen molar-refractivity contribution in [1.29, 1.82) is 0 Å². The number of carbonyl (C=O) groups excluding carboxylic acids is 1. The molecule has 0 atom stereocenters. The van der Waals surface area contributed by atoms with Gasteiger partial charge in [0.05, 0.1) is 15.6 Å². The van der Waals surface area contributed by atoms with Crippen LogP contribution in [0.3, 0.4) is 0 Å². The lowest BCUT2D eigenvalue weighted by Gasteiger charge is -2.02. The predicted molar refractivity (Wildman–Crippen MR) is 94.8 cm³/mol. The van der Waals surface area contributed by atoms with Crippen molar-refractivity contribution in [3.05, 3.63) is 63.1 Å². The van der Waals surface area contributed by atoms with E-state index >= 15 is 0 Å². The molecular formula is C15H8Cl3N3OS. The second-order valence-electron chi connectivity index (χ2n) is 4.47. The molecule has 0 bridgehead atoms. The standard InChI is InChI=1S/C15H8Cl3N3OS/c16-8-5-6-10(12(18)7-8)14-20-21-15(23-14)19-13(22)9-3-1-2-4-11(9)17/h1-7H,(H,19,21,22). The summed E-state index contributed by atoms with van der Waals surface area (Å²) in [5.74, 6) is -0.347. The Kier molecular flexibility index (Phi) is 4.82. The van der Waals surface area contributed by atoms with Crippen LogP contribution in [0.4, 0.5) is 5.13 Å². The van der Waals surface area contributed by atoms with Crippen LogP contribution in [0.15, 0.2) is 42.5 Å². The molecule has 0 saturated carbocycles. The highest BCUT2D eigenvalue weighted by Crippen LogP contribution is 2.33. The van der Waals surface area contributed by atoms with Gasteiger partial charge in [0.2, 0.25) is 5.13 Å². The summed E-state index contributed by atoms with van der Waals surface area (Å²) in [6, 6.07) is 11.9. The van der Waals surface area contributed by atoms with Crippen LogP contribution in [-0.4, -0.2) is 16.1 Å². The SMILES string of the molecule is O=C(Nc1nnc(-c2ccc(Cl)cc2Cl)s1)c1ccccc1Cl. The molecule has 1 heterocycles. The van der Waals surface area contributed by atoms with Crippen molar-refractivity contribution >= 4 is 57.2 Å². The fourth-order valence-electron chi connectivity index (χ4n) is 1.86. The Hall–Kier alpha value is -1.66. The van der Waals surface area contributed by atoms with E-state index in [1.165, 1.54) is 11.3 Å². The minimum absolute atomic E-state index is 0.347. The maximum Gasteiger partial charge on any atom is 0.259 e. The summed E-state index contributed by atoms with van der Waals surface area (Å²) in [5.41, 5.74) is 1.07. The van der Waals surface area contributed by atoms with Crippen molar-refractivity contribution in [3.8, 4) is 10.6 Å². The maximum absolute atomic E-state index is 12.2. The number of benzene rings is 2. The molecule has 4 nitrogen and oxygen atoms in total. The van der Waals surface area contributed by atoms with Gasteiger partial charge in [0.25, 0.3) is 5.91 Å². The van der Waals surface area contributed by atoms with E-state index in [2.05, 4.69) is 15.5 Å². The van der Waals surface area contributed by atoms with Crippen LogP contribution in [-0.2, 0) is 0 Å². The number of rotatable bonds is 3. The lowest BCUT2D eigenvalue weighted by Crippen LogP contribution is -2.12. The summed E-state index contributed by atoms with van der Waals surface area (Å²) in [4.78, 5) is 12.2. The molecule has 1 amide bonds. The summed E-state index contributed by atoms with van der Waals surface area (Å²) in [6.45, 7) is 0. The van der Waals surface area contributed by atoms with Crippen LogP contribution < -0.4 is 5.32 Å². The average molecular weight is 385 g/mol. The normalized spacial score (nSPS) is 10.6. The molecule has 8 heteroatoms. The number of halogens is 3. The summed E-state index contributed by atoms with van der Waals surface area (Å²) in [5, 5.41) is 13.0. The predicted octanol–water partition coefficient (Wildman–Crippen LogP) is 5.42. The zero-order valence-electron chi connectivity index (χ0n) is 11.4. The van der Waals surface area contributed by atoms with Gasteiger partial charge >= 0.3 is 0 Å². The number of hydrogen-bond acceptors (Lipinski definition) is 4. The van der Waals surface area contributed by atoms with Gasteiger partial charge in [-0.15, -0.1) is 10.2 Å². The van der Waals surface area contributed by atoms with Gasteiger partial charge in [-0.05, 0) is 30.3 Å². The summed E-state index contributed by atoms with van der Waals surface area (Å²) in [7, 11) is 0. The average Bonchev–Trinajstić information content (AvgIpc) is 2.95. The zero-order valence-corrected chi connectivity index (χ0v) is 14.5. The molecule has 0 aliphatic heterocycles. The van der Waals surface area contributed by atoms with E-state index in [1.54, 1.807) is 42.5 Å².